The summed E-state index contributed by atoms with van der Waals surface area (Å²) >= 11 is 0. The standard InChI is InChI=1S/C13H21NO3S/c1-18(16,17)13-8-6-12(7-9-13)14-10-4-2-3-5-11-15/h6-9,14-15H,2-5,10-11H2,1H3. The van der Waals surface area contributed by atoms with E-state index in [1.807, 2.05) is 0 Å². The molecule has 0 saturated carbocycles. The van der Waals surface area contributed by atoms with E-state index in [9.17, 15) is 8.42 Å². The topological polar surface area (TPSA) is 66.4 Å². The van der Waals surface area contributed by atoms with E-state index >= 15 is 0 Å². The molecule has 0 aromatic heterocycles. The average molecular weight is 271 g/mol. The summed E-state index contributed by atoms with van der Waals surface area (Å²) in [5.74, 6) is 0. The van der Waals surface area contributed by atoms with Gasteiger partial charge in [-0.1, -0.05) is 12.8 Å². The molecule has 0 amide bonds. The third-order valence-corrected chi connectivity index (χ3v) is 3.82. The molecule has 0 aliphatic rings. The number of hydrogen-bond acceptors (Lipinski definition) is 4. The van der Waals surface area contributed by atoms with Gasteiger partial charge in [-0.15, -0.1) is 0 Å². The van der Waals surface area contributed by atoms with Crippen molar-refractivity contribution in [2.24, 2.45) is 0 Å². The lowest BCUT2D eigenvalue weighted by molar-refractivity contribution is 0.283. The van der Waals surface area contributed by atoms with Crippen LogP contribution < -0.4 is 5.32 Å². The first-order valence-corrected chi connectivity index (χ1v) is 8.08. The lowest BCUT2D eigenvalue weighted by Gasteiger charge is -2.06. The Hall–Kier alpha value is -1.07. The highest BCUT2D eigenvalue weighted by molar-refractivity contribution is 7.90. The minimum Gasteiger partial charge on any atom is -0.396 e. The molecule has 1 aromatic carbocycles. The van der Waals surface area contributed by atoms with Gasteiger partial charge in [-0.3, -0.25) is 0 Å². The van der Waals surface area contributed by atoms with Gasteiger partial charge in [0.1, 0.15) is 0 Å². The zero-order valence-electron chi connectivity index (χ0n) is 10.7. The van der Waals surface area contributed by atoms with Crippen LogP contribution in [0.15, 0.2) is 29.2 Å². The van der Waals surface area contributed by atoms with Gasteiger partial charge in [-0.2, -0.15) is 0 Å². The molecular formula is C13H21NO3S. The molecule has 0 bridgehead atoms. The van der Waals surface area contributed by atoms with Gasteiger partial charge in [0.25, 0.3) is 0 Å². The molecule has 0 fully saturated rings. The van der Waals surface area contributed by atoms with Gasteiger partial charge < -0.3 is 10.4 Å². The second-order valence-electron chi connectivity index (χ2n) is 4.36. The van der Waals surface area contributed by atoms with Crippen molar-refractivity contribution < 1.29 is 13.5 Å². The SMILES string of the molecule is CS(=O)(=O)c1ccc(NCCCCCCO)cc1. The van der Waals surface area contributed by atoms with Gasteiger partial charge in [-0.25, -0.2) is 8.42 Å². The van der Waals surface area contributed by atoms with Crippen molar-refractivity contribution in [2.45, 2.75) is 30.6 Å². The van der Waals surface area contributed by atoms with Crippen molar-refractivity contribution in [3.8, 4) is 0 Å². The monoisotopic (exact) mass is 271 g/mol. The largest absolute Gasteiger partial charge is 0.396 e. The van der Waals surface area contributed by atoms with Crippen LogP contribution in [0.3, 0.4) is 0 Å². The lowest BCUT2D eigenvalue weighted by atomic mass is 10.2. The molecule has 1 aromatic rings. The molecule has 0 spiro atoms. The quantitative estimate of drug-likeness (QED) is 0.710. The first-order chi connectivity index (χ1) is 8.54. The molecule has 0 atom stereocenters. The van der Waals surface area contributed by atoms with Gasteiger partial charge in [0.2, 0.25) is 0 Å². The first-order valence-electron chi connectivity index (χ1n) is 6.19. The van der Waals surface area contributed by atoms with E-state index < -0.39 is 9.84 Å². The third-order valence-electron chi connectivity index (χ3n) is 2.70. The van der Waals surface area contributed by atoms with E-state index in [0.29, 0.717) is 4.90 Å². The van der Waals surface area contributed by atoms with Gasteiger partial charge in [0, 0.05) is 25.1 Å². The summed E-state index contributed by atoms with van der Waals surface area (Å²) in [5, 5.41) is 11.9. The van der Waals surface area contributed by atoms with Crippen LogP contribution in [0.2, 0.25) is 0 Å². The van der Waals surface area contributed by atoms with Gasteiger partial charge in [0.15, 0.2) is 9.84 Å². The maximum atomic E-state index is 11.3. The fraction of sp³-hybridized carbons (Fsp3) is 0.538. The summed E-state index contributed by atoms with van der Waals surface area (Å²) in [6.07, 6.45) is 5.26. The van der Waals surface area contributed by atoms with Gasteiger partial charge in [0.05, 0.1) is 4.90 Å². The molecule has 4 nitrogen and oxygen atoms in total. The van der Waals surface area contributed by atoms with Gasteiger partial charge in [-0.05, 0) is 37.1 Å². The number of sulfone groups is 1. The molecule has 5 heteroatoms. The molecule has 18 heavy (non-hydrogen) atoms. The third kappa shape index (κ3) is 5.51. The van der Waals surface area contributed by atoms with Crippen LogP contribution in [0.1, 0.15) is 25.7 Å². The summed E-state index contributed by atoms with van der Waals surface area (Å²) < 4.78 is 22.5. The van der Waals surface area contributed by atoms with Crippen LogP contribution in [-0.4, -0.2) is 32.9 Å². The summed E-state index contributed by atoms with van der Waals surface area (Å²) in [5.41, 5.74) is 0.935. The molecule has 0 saturated heterocycles. The Kier molecular flexibility index (Phi) is 6.15. The number of unbranched alkanes of at least 4 members (excludes halogenated alkanes) is 3. The van der Waals surface area contributed by atoms with Crippen LogP contribution in [0, 0.1) is 0 Å². The molecule has 0 heterocycles. The van der Waals surface area contributed by atoms with Crippen molar-refractivity contribution in [3.05, 3.63) is 24.3 Å². The van der Waals surface area contributed by atoms with Crippen LogP contribution in [0.25, 0.3) is 0 Å². The summed E-state index contributed by atoms with van der Waals surface area (Å²) in [6.45, 7) is 1.13. The number of aliphatic hydroxyl groups is 1. The Labute approximate surface area is 109 Å². The Morgan fingerprint density at radius 1 is 1.06 bits per heavy atom. The van der Waals surface area contributed by atoms with Crippen molar-refractivity contribution in [3.63, 3.8) is 0 Å². The van der Waals surface area contributed by atoms with Crippen molar-refractivity contribution in [2.75, 3.05) is 24.7 Å². The summed E-state index contributed by atoms with van der Waals surface area (Å²) in [7, 11) is -3.11. The molecule has 0 aliphatic carbocycles. The Morgan fingerprint density at radius 2 is 1.67 bits per heavy atom. The van der Waals surface area contributed by atoms with E-state index in [4.69, 9.17) is 5.11 Å². The van der Waals surface area contributed by atoms with Crippen LogP contribution in [-0.2, 0) is 9.84 Å². The molecule has 2 N–H and O–H groups in total. The maximum absolute atomic E-state index is 11.3. The number of benzene rings is 1. The molecule has 1 rings (SSSR count). The Morgan fingerprint density at radius 3 is 2.22 bits per heavy atom. The zero-order valence-corrected chi connectivity index (χ0v) is 11.5. The normalized spacial score (nSPS) is 11.4. The summed E-state index contributed by atoms with van der Waals surface area (Å²) in [4.78, 5) is 0.344. The number of anilines is 1. The van der Waals surface area contributed by atoms with Crippen molar-refractivity contribution in [1.82, 2.24) is 0 Å². The minimum atomic E-state index is -3.11. The molecule has 0 radical (unpaired) electrons. The van der Waals surface area contributed by atoms with Gasteiger partial charge >= 0.3 is 0 Å². The predicted molar refractivity (Wildman–Crippen MR) is 73.6 cm³/mol. The number of nitrogens with one attached hydrogen (secondary N) is 1. The highest BCUT2D eigenvalue weighted by Gasteiger charge is 2.05. The highest BCUT2D eigenvalue weighted by Crippen LogP contribution is 2.14. The van der Waals surface area contributed by atoms with Crippen LogP contribution in [0.5, 0.6) is 0 Å². The van der Waals surface area contributed by atoms with Crippen molar-refractivity contribution in [1.29, 1.82) is 0 Å². The van der Waals surface area contributed by atoms with Crippen LogP contribution in [0.4, 0.5) is 5.69 Å². The fourth-order valence-corrected chi connectivity index (χ4v) is 2.27. The molecule has 102 valence electrons. The predicted octanol–water partition coefficient (Wildman–Crippen LogP) is 2.05. The smallest absolute Gasteiger partial charge is 0.175 e. The fourth-order valence-electron chi connectivity index (χ4n) is 1.64. The maximum Gasteiger partial charge on any atom is 0.175 e. The van der Waals surface area contributed by atoms with E-state index in [2.05, 4.69) is 5.32 Å². The zero-order chi connectivity index (χ0) is 13.4. The minimum absolute atomic E-state index is 0.264. The lowest BCUT2D eigenvalue weighted by Crippen LogP contribution is -2.02. The average Bonchev–Trinajstić information content (AvgIpc) is 2.33. The summed E-state index contributed by atoms with van der Waals surface area (Å²) in [6, 6.07) is 6.79. The second kappa shape index (κ2) is 7.38. The highest BCUT2D eigenvalue weighted by atomic mass is 32.2. The first kappa shape index (κ1) is 15.0. The van der Waals surface area contributed by atoms with E-state index in [1.165, 1.54) is 6.26 Å². The number of hydrogen-bond donors (Lipinski definition) is 2. The second-order valence-corrected chi connectivity index (χ2v) is 6.38. The van der Waals surface area contributed by atoms with E-state index in [0.717, 1.165) is 37.9 Å². The number of aliphatic hydroxyl groups excluding tert-OH is 1. The Bertz CT molecular complexity index is 440. The number of rotatable bonds is 8. The van der Waals surface area contributed by atoms with E-state index in [-0.39, 0.29) is 6.61 Å². The molecule has 0 unspecified atom stereocenters. The van der Waals surface area contributed by atoms with Crippen molar-refractivity contribution >= 4 is 15.5 Å². The molecule has 0 aliphatic heterocycles. The van der Waals surface area contributed by atoms with E-state index in [1.54, 1.807) is 24.3 Å². The molecular weight excluding hydrogens is 250 g/mol. The Balaban J connectivity index is 2.32. The van der Waals surface area contributed by atoms with Crippen LogP contribution >= 0.6 is 0 Å².